The number of methoxy groups -OCH3 is 1. The molecule has 0 aliphatic rings. The minimum atomic E-state index is -0.0686. The molecule has 0 amide bonds. The number of rotatable bonds is 7. The predicted octanol–water partition coefficient (Wildman–Crippen LogP) is 2.96. The predicted molar refractivity (Wildman–Crippen MR) is 82.3 cm³/mol. The number of aldehydes is 1. The van der Waals surface area contributed by atoms with Crippen molar-refractivity contribution in [2.75, 3.05) is 13.7 Å². The molecule has 0 radical (unpaired) electrons. The van der Waals surface area contributed by atoms with Crippen LogP contribution >= 0.6 is 0 Å². The third kappa shape index (κ3) is 3.17. The number of fused-ring (bicyclic) bond motifs is 1. The lowest BCUT2D eigenvalue weighted by molar-refractivity contribution is -0.109. The fourth-order valence-electron chi connectivity index (χ4n) is 2.52. The van der Waals surface area contributed by atoms with Crippen LogP contribution in [0.15, 0.2) is 36.4 Å². The molecular formula is C17H21NO2. The van der Waals surface area contributed by atoms with Crippen LogP contribution in [0.4, 0.5) is 0 Å². The summed E-state index contributed by atoms with van der Waals surface area (Å²) in [5, 5.41) is 5.51. The highest BCUT2D eigenvalue weighted by Crippen LogP contribution is 2.29. The van der Waals surface area contributed by atoms with Crippen LogP contribution in [0.3, 0.4) is 0 Å². The van der Waals surface area contributed by atoms with Gasteiger partial charge in [-0.3, -0.25) is 0 Å². The summed E-state index contributed by atoms with van der Waals surface area (Å²) in [7, 11) is 1.69. The lowest BCUT2D eigenvalue weighted by atomic mass is 9.98. The quantitative estimate of drug-likeness (QED) is 0.787. The first-order valence-electron chi connectivity index (χ1n) is 7.03. The van der Waals surface area contributed by atoms with Crippen molar-refractivity contribution in [2.45, 2.75) is 25.8 Å². The van der Waals surface area contributed by atoms with E-state index in [9.17, 15) is 4.79 Å². The maximum Gasteiger partial charge on any atom is 0.136 e. The lowest BCUT2D eigenvalue weighted by Crippen LogP contribution is -2.30. The molecule has 0 aromatic heterocycles. The van der Waals surface area contributed by atoms with Crippen molar-refractivity contribution in [2.24, 2.45) is 0 Å². The molecule has 0 fully saturated rings. The smallest absolute Gasteiger partial charge is 0.136 e. The maximum atomic E-state index is 11.0. The summed E-state index contributed by atoms with van der Waals surface area (Å²) in [5.74, 6) is 0.892. The summed E-state index contributed by atoms with van der Waals surface area (Å²) in [6.07, 6.45) is 2.68. The average molecular weight is 271 g/mol. The number of benzene rings is 2. The van der Waals surface area contributed by atoms with E-state index in [-0.39, 0.29) is 6.04 Å². The molecule has 2 aromatic carbocycles. The minimum Gasteiger partial charge on any atom is -0.496 e. The fourth-order valence-corrected chi connectivity index (χ4v) is 2.52. The van der Waals surface area contributed by atoms with Crippen LogP contribution in [0.2, 0.25) is 0 Å². The van der Waals surface area contributed by atoms with E-state index in [2.05, 4.69) is 23.5 Å². The standard InChI is InChI=1S/C17H21NO2/c1-3-18-14(12-19)10-8-13-9-11-17(20-2)16-7-5-4-6-15(13)16/h4-7,9,11-12,14,18H,3,8,10H2,1-2H3. The Bertz CT molecular complexity index is 580. The van der Waals surface area contributed by atoms with Gasteiger partial charge in [-0.05, 0) is 36.4 Å². The molecule has 106 valence electrons. The highest BCUT2D eigenvalue weighted by Gasteiger charge is 2.09. The van der Waals surface area contributed by atoms with Crippen molar-refractivity contribution in [3.8, 4) is 5.75 Å². The van der Waals surface area contributed by atoms with Gasteiger partial charge in [0, 0.05) is 5.39 Å². The van der Waals surface area contributed by atoms with Crippen LogP contribution in [0.25, 0.3) is 10.8 Å². The zero-order valence-corrected chi connectivity index (χ0v) is 12.1. The van der Waals surface area contributed by atoms with E-state index in [1.54, 1.807) is 7.11 Å². The molecule has 3 nitrogen and oxygen atoms in total. The summed E-state index contributed by atoms with van der Waals surface area (Å²) in [6, 6.07) is 12.3. The molecule has 20 heavy (non-hydrogen) atoms. The molecule has 3 heteroatoms. The first kappa shape index (κ1) is 14.5. The van der Waals surface area contributed by atoms with E-state index < -0.39 is 0 Å². The molecule has 2 rings (SSSR count). The van der Waals surface area contributed by atoms with E-state index in [4.69, 9.17) is 4.74 Å². The first-order valence-corrected chi connectivity index (χ1v) is 7.03. The van der Waals surface area contributed by atoms with Crippen molar-refractivity contribution < 1.29 is 9.53 Å². The minimum absolute atomic E-state index is 0.0686. The van der Waals surface area contributed by atoms with Gasteiger partial charge in [0.1, 0.15) is 12.0 Å². The topological polar surface area (TPSA) is 38.3 Å². The molecule has 0 bridgehead atoms. The summed E-state index contributed by atoms with van der Waals surface area (Å²) in [5.41, 5.74) is 1.26. The van der Waals surface area contributed by atoms with Crippen LogP contribution in [0.5, 0.6) is 5.75 Å². The Balaban J connectivity index is 2.24. The lowest BCUT2D eigenvalue weighted by Gasteiger charge is -2.13. The molecule has 0 saturated carbocycles. The van der Waals surface area contributed by atoms with Crippen LogP contribution < -0.4 is 10.1 Å². The summed E-state index contributed by atoms with van der Waals surface area (Å²) in [6.45, 7) is 2.83. The van der Waals surface area contributed by atoms with Crippen LogP contribution in [0, 0.1) is 0 Å². The number of hydrogen-bond donors (Lipinski definition) is 1. The third-order valence-corrected chi connectivity index (χ3v) is 3.55. The van der Waals surface area contributed by atoms with Gasteiger partial charge in [-0.2, -0.15) is 0 Å². The number of carbonyl (C=O) groups is 1. The molecule has 0 aliphatic carbocycles. The Morgan fingerprint density at radius 3 is 2.60 bits per heavy atom. The van der Waals surface area contributed by atoms with Crippen molar-refractivity contribution in [1.29, 1.82) is 0 Å². The molecule has 0 aliphatic heterocycles. The van der Waals surface area contributed by atoms with Gasteiger partial charge in [0.2, 0.25) is 0 Å². The Hall–Kier alpha value is -1.87. The Labute approximate surface area is 119 Å². The molecule has 0 heterocycles. The normalized spacial score (nSPS) is 12.3. The molecule has 1 unspecified atom stereocenters. The number of carbonyl (C=O) groups excluding carboxylic acids is 1. The second kappa shape index (κ2) is 7.06. The second-order valence-electron chi connectivity index (χ2n) is 4.81. The molecule has 0 spiro atoms. The Kier molecular flexibility index (Phi) is 5.13. The van der Waals surface area contributed by atoms with E-state index in [1.165, 1.54) is 10.9 Å². The van der Waals surface area contributed by atoms with Gasteiger partial charge in [-0.15, -0.1) is 0 Å². The van der Waals surface area contributed by atoms with Crippen molar-refractivity contribution in [1.82, 2.24) is 5.32 Å². The van der Waals surface area contributed by atoms with E-state index in [0.717, 1.165) is 36.8 Å². The monoisotopic (exact) mass is 271 g/mol. The highest BCUT2D eigenvalue weighted by molar-refractivity contribution is 5.91. The van der Waals surface area contributed by atoms with Gasteiger partial charge in [0.15, 0.2) is 0 Å². The Morgan fingerprint density at radius 2 is 1.95 bits per heavy atom. The molecule has 2 aromatic rings. The Morgan fingerprint density at radius 1 is 1.20 bits per heavy atom. The van der Waals surface area contributed by atoms with Crippen LogP contribution in [-0.2, 0) is 11.2 Å². The van der Waals surface area contributed by atoms with Crippen LogP contribution in [0.1, 0.15) is 18.9 Å². The SMILES string of the molecule is CCNC(C=O)CCc1ccc(OC)c2ccccc12. The fraction of sp³-hybridized carbons (Fsp3) is 0.353. The zero-order valence-electron chi connectivity index (χ0n) is 12.1. The second-order valence-corrected chi connectivity index (χ2v) is 4.81. The van der Waals surface area contributed by atoms with Gasteiger partial charge in [-0.25, -0.2) is 0 Å². The van der Waals surface area contributed by atoms with E-state index in [1.807, 2.05) is 25.1 Å². The summed E-state index contributed by atoms with van der Waals surface area (Å²) in [4.78, 5) is 11.0. The van der Waals surface area contributed by atoms with E-state index >= 15 is 0 Å². The molecular weight excluding hydrogens is 250 g/mol. The largest absolute Gasteiger partial charge is 0.496 e. The number of likely N-dealkylation sites (N-methyl/N-ethyl adjacent to an activating group) is 1. The van der Waals surface area contributed by atoms with Gasteiger partial charge in [-0.1, -0.05) is 37.3 Å². The van der Waals surface area contributed by atoms with Crippen molar-refractivity contribution >= 4 is 17.1 Å². The molecule has 0 saturated heterocycles. The number of ether oxygens (including phenoxy) is 1. The maximum absolute atomic E-state index is 11.0. The number of hydrogen-bond acceptors (Lipinski definition) is 3. The molecule has 1 atom stereocenters. The van der Waals surface area contributed by atoms with Crippen LogP contribution in [-0.4, -0.2) is 26.0 Å². The third-order valence-electron chi connectivity index (χ3n) is 3.55. The number of nitrogens with one attached hydrogen (secondary N) is 1. The van der Waals surface area contributed by atoms with Crippen molar-refractivity contribution in [3.05, 3.63) is 42.0 Å². The average Bonchev–Trinajstić information content (AvgIpc) is 2.51. The summed E-state index contributed by atoms with van der Waals surface area (Å²) >= 11 is 0. The van der Waals surface area contributed by atoms with Gasteiger partial charge < -0.3 is 14.8 Å². The van der Waals surface area contributed by atoms with Gasteiger partial charge >= 0.3 is 0 Å². The van der Waals surface area contributed by atoms with Gasteiger partial charge in [0.05, 0.1) is 13.2 Å². The van der Waals surface area contributed by atoms with Gasteiger partial charge in [0.25, 0.3) is 0 Å². The summed E-state index contributed by atoms with van der Waals surface area (Å²) < 4.78 is 5.40. The van der Waals surface area contributed by atoms with Crippen molar-refractivity contribution in [3.63, 3.8) is 0 Å². The van der Waals surface area contributed by atoms with E-state index in [0.29, 0.717) is 0 Å². The first-order chi connectivity index (χ1) is 9.80. The molecule has 1 N–H and O–H groups in total. The highest BCUT2D eigenvalue weighted by atomic mass is 16.5. The number of aryl methyl sites for hydroxylation is 1. The zero-order chi connectivity index (χ0) is 14.4.